The first kappa shape index (κ1) is 29.7. The molecule has 9 aromatic rings. The molecule has 2 heterocycles. The molecular weight excluding hydrogens is 656 g/mol. The van der Waals surface area contributed by atoms with Gasteiger partial charge in [-0.1, -0.05) is 97.1 Å². The van der Waals surface area contributed by atoms with Crippen molar-refractivity contribution in [3.8, 4) is 0 Å². The van der Waals surface area contributed by atoms with Gasteiger partial charge in [-0.15, -0.1) is 22.7 Å². The summed E-state index contributed by atoms with van der Waals surface area (Å²) in [4.78, 5) is 4.63. The highest BCUT2D eigenvalue weighted by atomic mass is 35.5. The highest BCUT2D eigenvalue weighted by Gasteiger charge is 2.19. The summed E-state index contributed by atoms with van der Waals surface area (Å²) >= 11 is 10.7. The van der Waals surface area contributed by atoms with Crippen molar-refractivity contribution in [2.45, 2.75) is 0 Å². The SMILES string of the molecule is C=Cc1cccc(N(c2ccccc2)c2ccc3sc4cc(N(c5ccccc5)c5cc(Cl)c6c(c5)sc5ccccc56)ccc4c3c2)c1. The van der Waals surface area contributed by atoms with Gasteiger partial charge in [0.1, 0.15) is 0 Å². The molecule has 234 valence electrons. The molecule has 9 rings (SSSR count). The molecule has 0 amide bonds. The first-order valence-electron chi connectivity index (χ1n) is 16.1. The standard InChI is InChI=1S/C44H29ClN2S2/c1-2-29-12-11-17-32(24-29)46(30-13-5-3-6-14-30)33-21-23-41-38(25-33)36-22-20-34(27-42(36)48-41)47(31-15-7-4-8-16-31)35-26-39(45)44-37-18-9-10-19-40(37)49-43(44)28-35/h2-28H,1H2. The molecule has 2 nitrogen and oxygen atoms in total. The van der Waals surface area contributed by atoms with Crippen molar-refractivity contribution < 1.29 is 0 Å². The minimum atomic E-state index is 0.767. The summed E-state index contributed by atoms with van der Waals surface area (Å²) in [5, 5.41) is 5.57. The molecule has 5 heteroatoms. The number of hydrogen-bond acceptors (Lipinski definition) is 4. The number of rotatable bonds is 7. The molecule has 0 saturated carbocycles. The summed E-state index contributed by atoms with van der Waals surface area (Å²) in [5.41, 5.74) is 7.62. The Kier molecular flexibility index (Phi) is 7.43. The molecule has 0 N–H and O–H groups in total. The summed E-state index contributed by atoms with van der Waals surface area (Å²) in [6, 6.07) is 56.1. The molecule has 0 fully saturated rings. The maximum Gasteiger partial charge on any atom is 0.0519 e. The van der Waals surface area contributed by atoms with E-state index >= 15 is 0 Å². The highest BCUT2D eigenvalue weighted by Crippen LogP contribution is 2.46. The van der Waals surface area contributed by atoms with Crippen LogP contribution in [-0.4, -0.2) is 0 Å². The van der Waals surface area contributed by atoms with Crippen LogP contribution < -0.4 is 9.80 Å². The first-order valence-corrected chi connectivity index (χ1v) is 18.2. The van der Waals surface area contributed by atoms with E-state index in [0.29, 0.717) is 0 Å². The Hall–Kier alpha value is -5.39. The molecule has 0 atom stereocenters. The van der Waals surface area contributed by atoms with Crippen molar-refractivity contribution >= 4 is 115 Å². The van der Waals surface area contributed by atoms with Crippen molar-refractivity contribution in [3.63, 3.8) is 0 Å². The first-order chi connectivity index (χ1) is 24.1. The van der Waals surface area contributed by atoms with Crippen LogP contribution in [0.5, 0.6) is 0 Å². The Balaban J connectivity index is 1.18. The maximum atomic E-state index is 7.07. The van der Waals surface area contributed by atoms with Gasteiger partial charge in [-0.2, -0.15) is 0 Å². The average Bonchev–Trinajstić information content (AvgIpc) is 3.71. The molecule has 0 aliphatic carbocycles. The average molecular weight is 685 g/mol. The van der Waals surface area contributed by atoms with E-state index in [0.717, 1.165) is 50.1 Å². The van der Waals surface area contributed by atoms with Gasteiger partial charge in [0, 0.05) is 74.5 Å². The zero-order chi connectivity index (χ0) is 32.9. The zero-order valence-corrected chi connectivity index (χ0v) is 28.8. The normalized spacial score (nSPS) is 11.4. The van der Waals surface area contributed by atoms with E-state index in [9.17, 15) is 0 Å². The summed E-state index contributed by atoms with van der Waals surface area (Å²) < 4.78 is 4.92. The van der Waals surface area contributed by atoms with Gasteiger partial charge in [0.2, 0.25) is 0 Å². The molecule has 0 unspecified atom stereocenters. The molecule has 0 radical (unpaired) electrons. The largest absolute Gasteiger partial charge is 0.310 e. The van der Waals surface area contributed by atoms with Gasteiger partial charge >= 0.3 is 0 Å². The van der Waals surface area contributed by atoms with Gasteiger partial charge in [0.05, 0.1) is 5.02 Å². The third kappa shape index (κ3) is 5.26. The van der Waals surface area contributed by atoms with E-state index in [2.05, 4.69) is 174 Å². The van der Waals surface area contributed by atoms with Crippen LogP contribution in [0.25, 0.3) is 46.4 Å². The van der Waals surface area contributed by atoms with Crippen molar-refractivity contribution in [2.75, 3.05) is 9.80 Å². The quantitative estimate of drug-likeness (QED) is 0.165. The van der Waals surface area contributed by atoms with Crippen LogP contribution in [0, 0.1) is 0 Å². The van der Waals surface area contributed by atoms with Crippen LogP contribution >= 0.6 is 34.3 Å². The summed E-state index contributed by atoms with van der Waals surface area (Å²) in [5.74, 6) is 0. The molecule has 7 aromatic carbocycles. The molecule has 0 bridgehead atoms. The molecule has 0 aliphatic rings. The van der Waals surface area contributed by atoms with Crippen LogP contribution in [0.4, 0.5) is 34.1 Å². The van der Waals surface area contributed by atoms with E-state index in [1.165, 1.54) is 35.0 Å². The zero-order valence-electron chi connectivity index (χ0n) is 26.4. The minimum Gasteiger partial charge on any atom is -0.310 e. The number of hydrogen-bond donors (Lipinski definition) is 0. The fourth-order valence-corrected chi connectivity index (χ4v) is 9.45. The summed E-state index contributed by atoms with van der Waals surface area (Å²) in [7, 11) is 0. The van der Waals surface area contributed by atoms with E-state index in [4.69, 9.17) is 11.6 Å². The highest BCUT2D eigenvalue weighted by molar-refractivity contribution is 7.26. The molecule has 0 saturated heterocycles. The topological polar surface area (TPSA) is 6.48 Å². The number of fused-ring (bicyclic) bond motifs is 6. The Morgan fingerprint density at radius 3 is 1.80 bits per heavy atom. The Morgan fingerprint density at radius 2 is 1.02 bits per heavy atom. The Morgan fingerprint density at radius 1 is 0.429 bits per heavy atom. The van der Waals surface area contributed by atoms with E-state index < -0.39 is 0 Å². The Bertz CT molecular complexity index is 2660. The number of benzene rings is 7. The third-order valence-electron chi connectivity index (χ3n) is 9.02. The van der Waals surface area contributed by atoms with Crippen LogP contribution in [0.15, 0.2) is 164 Å². The van der Waals surface area contributed by atoms with Crippen molar-refractivity contribution in [3.05, 3.63) is 175 Å². The Labute approximate surface area is 298 Å². The monoisotopic (exact) mass is 684 g/mol. The van der Waals surface area contributed by atoms with Crippen LogP contribution in [0.2, 0.25) is 5.02 Å². The molecule has 0 spiro atoms. The van der Waals surface area contributed by atoms with Gasteiger partial charge in [-0.25, -0.2) is 0 Å². The van der Waals surface area contributed by atoms with Crippen LogP contribution in [0.3, 0.4) is 0 Å². The molecule has 0 aliphatic heterocycles. The van der Waals surface area contributed by atoms with Gasteiger partial charge in [-0.3, -0.25) is 0 Å². The van der Waals surface area contributed by atoms with E-state index in [-0.39, 0.29) is 0 Å². The predicted molar refractivity (Wildman–Crippen MR) is 217 cm³/mol. The second-order valence-corrected chi connectivity index (χ2v) is 14.6. The number of para-hydroxylation sites is 2. The smallest absolute Gasteiger partial charge is 0.0519 e. The number of halogens is 1. The fourth-order valence-electron chi connectivity index (χ4n) is 6.79. The number of thiophene rings is 2. The van der Waals surface area contributed by atoms with E-state index in [1.54, 1.807) is 11.3 Å². The molecular formula is C44H29ClN2S2. The lowest BCUT2D eigenvalue weighted by Crippen LogP contribution is -2.10. The van der Waals surface area contributed by atoms with Crippen molar-refractivity contribution in [1.29, 1.82) is 0 Å². The van der Waals surface area contributed by atoms with E-state index in [1.807, 2.05) is 17.4 Å². The van der Waals surface area contributed by atoms with Crippen LogP contribution in [-0.2, 0) is 0 Å². The lowest BCUT2D eigenvalue weighted by molar-refractivity contribution is 1.29. The second-order valence-electron chi connectivity index (χ2n) is 12.0. The van der Waals surface area contributed by atoms with Crippen molar-refractivity contribution in [2.24, 2.45) is 0 Å². The maximum absolute atomic E-state index is 7.07. The van der Waals surface area contributed by atoms with Gasteiger partial charge in [-0.05, 0) is 90.5 Å². The van der Waals surface area contributed by atoms with Crippen molar-refractivity contribution in [1.82, 2.24) is 0 Å². The lowest BCUT2D eigenvalue weighted by atomic mass is 10.1. The van der Waals surface area contributed by atoms with Gasteiger partial charge in [0.15, 0.2) is 0 Å². The number of nitrogens with zero attached hydrogens (tertiary/aromatic N) is 2. The minimum absolute atomic E-state index is 0.767. The van der Waals surface area contributed by atoms with Gasteiger partial charge in [0.25, 0.3) is 0 Å². The summed E-state index contributed by atoms with van der Waals surface area (Å²) in [6.07, 6.45) is 1.90. The molecule has 2 aromatic heterocycles. The fraction of sp³-hybridized carbons (Fsp3) is 0. The van der Waals surface area contributed by atoms with Gasteiger partial charge < -0.3 is 9.80 Å². The predicted octanol–water partition coefficient (Wildman–Crippen LogP) is 14.7. The second kappa shape index (κ2) is 12.2. The number of anilines is 6. The lowest BCUT2D eigenvalue weighted by Gasteiger charge is -2.26. The summed E-state index contributed by atoms with van der Waals surface area (Å²) in [6.45, 7) is 4.00. The third-order valence-corrected chi connectivity index (χ3v) is 11.6. The molecule has 49 heavy (non-hydrogen) atoms. The van der Waals surface area contributed by atoms with Crippen LogP contribution in [0.1, 0.15) is 5.56 Å².